The molecule has 3 heteroatoms. The Hall–Kier alpha value is -0.120. The summed E-state index contributed by atoms with van der Waals surface area (Å²) >= 11 is 0. The summed E-state index contributed by atoms with van der Waals surface area (Å²) < 4.78 is 10.6. The summed E-state index contributed by atoms with van der Waals surface area (Å²) in [5.74, 6) is 0. The van der Waals surface area contributed by atoms with Crippen molar-refractivity contribution in [2.24, 2.45) is 0 Å². The number of hydrogen-bond donors (Lipinski definition) is 1. The van der Waals surface area contributed by atoms with Crippen LogP contribution in [0, 0.1) is 0 Å². The zero-order valence-corrected chi connectivity index (χ0v) is 9.50. The standard InChI is InChI=1S/C11H24O3/c1-3-5-8-13-9-6-11(12)10-14-7-4-2/h11-12H,3-10H2,1-2H3. The van der Waals surface area contributed by atoms with E-state index in [9.17, 15) is 5.11 Å². The Morgan fingerprint density at radius 1 is 1.00 bits per heavy atom. The van der Waals surface area contributed by atoms with Gasteiger partial charge in [0.15, 0.2) is 0 Å². The van der Waals surface area contributed by atoms with Crippen LogP contribution in [-0.2, 0) is 9.47 Å². The maximum Gasteiger partial charge on any atom is 0.0795 e. The number of ether oxygens (including phenoxy) is 2. The zero-order valence-electron chi connectivity index (χ0n) is 9.50. The first kappa shape index (κ1) is 13.9. The van der Waals surface area contributed by atoms with E-state index in [0.717, 1.165) is 32.5 Å². The summed E-state index contributed by atoms with van der Waals surface area (Å²) in [5, 5.41) is 9.43. The van der Waals surface area contributed by atoms with Crippen LogP contribution in [-0.4, -0.2) is 37.6 Å². The molecule has 0 rings (SSSR count). The van der Waals surface area contributed by atoms with E-state index in [-0.39, 0.29) is 6.10 Å². The first-order valence-electron chi connectivity index (χ1n) is 5.64. The molecule has 1 N–H and O–H groups in total. The monoisotopic (exact) mass is 204 g/mol. The molecule has 0 aliphatic heterocycles. The van der Waals surface area contributed by atoms with E-state index < -0.39 is 0 Å². The predicted octanol–water partition coefficient (Wildman–Crippen LogP) is 1.98. The van der Waals surface area contributed by atoms with Crippen LogP contribution < -0.4 is 0 Å². The fraction of sp³-hybridized carbons (Fsp3) is 1.00. The van der Waals surface area contributed by atoms with Gasteiger partial charge in [-0.2, -0.15) is 0 Å². The molecule has 0 saturated heterocycles. The van der Waals surface area contributed by atoms with Gasteiger partial charge in [-0.05, 0) is 19.3 Å². The van der Waals surface area contributed by atoms with Gasteiger partial charge in [0, 0.05) is 19.8 Å². The highest BCUT2D eigenvalue weighted by Crippen LogP contribution is 1.96. The molecule has 0 heterocycles. The molecule has 0 aromatic carbocycles. The molecule has 0 aliphatic rings. The SMILES string of the molecule is CCCCOCCC(O)COCCC. The van der Waals surface area contributed by atoms with Crippen LogP contribution in [0.3, 0.4) is 0 Å². The molecule has 0 aromatic heterocycles. The second kappa shape index (κ2) is 11.0. The third-order valence-electron chi connectivity index (χ3n) is 1.90. The Morgan fingerprint density at radius 3 is 2.43 bits per heavy atom. The largest absolute Gasteiger partial charge is 0.391 e. The van der Waals surface area contributed by atoms with Gasteiger partial charge in [-0.15, -0.1) is 0 Å². The van der Waals surface area contributed by atoms with Crippen molar-refractivity contribution in [1.82, 2.24) is 0 Å². The molecule has 0 spiro atoms. The minimum absolute atomic E-state index is 0.372. The van der Waals surface area contributed by atoms with Crippen molar-refractivity contribution < 1.29 is 14.6 Å². The molecule has 14 heavy (non-hydrogen) atoms. The van der Waals surface area contributed by atoms with E-state index in [2.05, 4.69) is 13.8 Å². The fourth-order valence-corrected chi connectivity index (χ4v) is 1.01. The quantitative estimate of drug-likeness (QED) is 0.553. The Bertz CT molecular complexity index is 107. The first-order chi connectivity index (χ1) is 6.81. The van der Waals surface area contributed by atoms with Crippen LogP contribution in [0.5, 0.6) is 0 Å². The van der Waals surface area contributed by atoms with Crippen molar-refractivity contribution in [2.75, 3.05) is 26.4 Å². The van der Waals surface area contributed by atoms with E-state index in [0.29, 0.717) is 19.6 Å². The zero-order chi connectivity index (χ0) is 10.6. The molecule has 0 aromatic rings. The van der Waals surface area contributed by atoms with Crippen molar-refractivity contribution in [1.29, 1.82) is 0 Å². The molecule has 0 radical (unpaired) electrons. The fourth-order valence-electron chi connectivity index (χ4n) is 1.01. The van der Waals surface area contributed by atoms with Crippen molar-refractivity contribution in [3.05, 3.63) is 0 Å². The minimum atomic E-state index is -0.372. The molecule has 0 fully saturated rings. The normalized spacial score (nSPS) is 13.1. The van der Waals surface area contributed by atoms with E-state index in [1.54, 1.807) is 0 Å². The average Bonchev–Trinajstić information content (AvgIpc) is 2.18. The van der Waals surface area contributed by atoms with Crippen molar-refractivity contribution in [3.63, 3.8) is 0 Å². The highest BCUT2D eigenvalue weighted by molar-refractivity contribution is 4.52. The number of rotatable bonds is 10. The summed E-state index contributed by atoms with van der Waals surface area (Å²) in [4.78, 5) is 0. The van der Waals surface area contributed by atoms with E-state index in [1.807, 2.05) is 0 Å². The van der Waals surface area contributed by atoms with Crippen molar-refractivity contribution in [2.45, 2.75) is 45.6 Å². The molecule has 0 aliphatic carbocycles. The summed E-state index contributed by atoms with van der Waals surface area (Å²) in [5.41, 5.74) is 0. The molecule has 3 nitrogen and oxygen atoms in total. The van der Waals surface area contributed by atoms with Gasteiger partial charge >= 0.3 is 0 Å². The summed E-state index contributed by atoms with van der Waals surface area (Å²) in [7, 11) is 0. The van der Waals surface area contributed by atoms with Gasteiger partial charge < -0.3 is 14.6 Å². The third-order valence-corrected chi connectivity index (χ3v) is 1.90. The number of aliphatic hydroxyl groups excluding tert-OH is 1. The molecular weight excluding hydrogens is 180 g/mol. The first-order valence-corrected chi connectivity index (χ1v) is 5.64. The third kappa shape index (κ3) is 9.96. The highest BCUT2D eigenvalue weighted by Gasteiger charge is 2.03. The van der Waals surface area contributed by atoms with Gasteiger partial charge in [0.2, 0.25) is 0 Å². The van der Waals surface area contributed by atoms with E-state index in [4.69, 9.17) is 9.47 Å². The van der Waals surface area contributed by atoms with Gasteiger partial charge in [0.25, 0.3) is 0 Å². The molecule has 0 bridgehead atoms. The lowest BCUT2D eigenvalue weighted by Gasteiger charge is -2.10. The summed E-state index contributed by atoms with van der Waals surface area (Å²) in [6.07, 6.45) is 3.56. The Kier molecular flexibility index (Phi) is 10.9. The van der Waals surface area contributed by atoms with Crippen LogP contribution >= 0.6 is 0 Å². The second-order valence-electron chi connectivity index (χ2n) is 3.48. The van der Waals surface area contributed by atoms with E-state index in [1.165, 1.54) is 0 Å². The van der Waals surface area contributed by atoms with Crippen LogP contribution in [0.4, 0.5) is 0 Å². The lowest BCUT2D eigenvalue weighted by molar-refractivity contribution is 0.0135. The molecule has 86 valence electrons. The topological polar surface area (TPSA) is 38.7 Å². The van der Waals surface area contributed by atoms with Gasteiger partial charge in [-0.3, -0.25) is 0 Å². The van der Waals surface area contributed by atoms with Crippen LogP contribution in [0.2, 0.25) is 0 Å². The summed E-state index contributed by atoms with van der Waals surface area (Å²) in [6, 6.07) is 0. The Labute approximate surface area is 87.4 Å². The maximum absolute atomic E-state index is 9.43. The Balaban J connectivity index is 3.06. The molecule has 1 unspecified atom stereocenters. The molecule has 1 atom stereocenters. The average molecular weight is 204 g/mol. The Morgan fingerprint density at radius 2 is 1.79 bits per heavy atom. The van der Waals surface area contributed by atoms with E-state index >= 15 is 0 Å². The van der Waals surface area contributed by atoms with Gasteiger partial charge in [-0.25, -0.2) is 0 Å². The lowest BCUT2D eigenvalue weighted by Crippen LogP contribution is -2.18. The van der Waals surface area contributed by atoms with Gasteiger partial charge in [0.1, 0.15) is 0 Å². The second-order valence-corrected chi connectivity index (χ2v) is 3.48. The van der Waals surface area contributed by atoms with Crippen LogP contribution in [0.1, 0.15) is 39.5 Å². The number of unbranched alkanes of at least 4 members (excludes halogenated alkanes) is 1. The van der Waals surface area contributed by atoms with Crippen LogP contribution in [0.15, 0.2) is 0 Å². The van der Waals surface area contributed by atoms with Crippen molar-refractivity contribution >= 4 is 0 Å². The molecule has 0 saturated carbocycles. The maximum atomic E-state index is 9.43. The predicted molar refractivity (Wildman–Crippen MR) is 57.5 cm³/mol. The molecule has 0 amide bonds. The number of aliphatic hydroxyl groups is 1. The smallest absolute Gasteiger partial charge is 0.0795 e. The highest BCUT2D eigenvalue weighted by atomic mass is 16.5. The van der Waals surface area contributed by atoms with Crippen molar-refractivity contribution in [3.8, 4) is 0 Å². The van der Waals surface area contributed by atoms with Crippen LogP contribution in [0.25, 0.3) is 0 Å². The van der Waals surface area contributed by atoms with Gasteiger partial charge in [0.05, 0.1) is 12.7 Å². The minimum Gasteiger partial charge on any atom is -0.391 e. The summed E-state index contributed by atoms with van der Waals surface area (Å²) in [6.45, 7) is 6.80. The number of hydrogen-bond acceptors (Lipinski definition) is 3. The lowest BCUT2D eigenvalue weighted by atomic mass is 10.3. The molecular formula is C11H24O3. The van der Waals surface area contributed by atoms with Gasteiger partial charge in [-0.1, -0.05) is 20.3 Å².